The van der Waals surface area contributed by atoms with Crippen LogP contribution in [0.4, 0.5) is 0 Å². The van der Waals surface area contributed by atoms with Gasteiger partial charge >= 0.3 is 0 Å². The van der Waals surface area contributed by atoms with Crippen LogP contribution in [0.5, 0.6) is 0 Å². The Hall–Kier alpha value is -7.27. The molecule has 0 saturated heterocycles. The van der Waals surface area contributed by atoms with Crippen LogP contribution in [0.3, 0.4) is 0 Å². The Labute approximate surface area is 341 Å². The number of allylic oxidation sites excluding steroid dienone is 1. The molecule has 0 bridgehead atoms. The van der Waals surface area contributed by atoms with Crippen molar-refractivity contribution in [1.29, 1.82) is 0 Å². The molecule has 1 unspecified atom stereocenters. The van der Waals surface area contributed by atoms with Crippen molar-refractivity contribution in [3.8, 4) is 44.5 Å². The summed E-state index contributed by atoms with van der Waals surface area (Å²) in [5.41, 5.74) is 25.3. The predicted molar refractivity (Wildman–Crippen MR) is 247 cm³/mol. The van der Waals surface area contributed by atoms with Gasteiger partial charge in [0.05, 0.1) is 0 Å². The first kappa shape index (κ1) is 39.0. The number of rotatable bonds is 8. The summed E-state index contributed by atoms with van der Waals surface area (Å²) in [4.78, 5) is 5.15. The minimum Gasteiger partial charge on any atom is -0.456 e. The van der Waals surface area contributed by atoms with Crippen molar-refractivity contribution in [2.24, 2.45) is 16.5 Å². The minimum absolute atomic E-state index is 0.323. The molecule has 0 fully saturated rings. The highest BCUT2D eigenvalue weighted by molar-refractivity contribution is 6.08. The normalized spacial score (nSPS) is 11.5. The third-order valence-corrected chi connectivity index (χ3v) is 9.99. The monoisotopic (exact) mass is 753 g/mol. The molecule has 0 saturated carbocycles. The fourth-order valence-corrected chi connectivity index (χ4v) is 7.29. The predicted octanol–water partition coefficient (Wildman–Crippen LogP) is 13.5. The molecule has 0 aliphatic heterocycles. The molecule has 1 aromatic heterocycles. The zero-order valence-electron chi connectivity index (χ0n) is 32.9. The number of nitrogens with two attached hydrogens (primary N) is 2. The van der Waals surface area contributed by atoms with E-state index in [0.717, 1.165) is 49.8 Å². The van der Waals surface area contributed by atoms with E-state index in [1.165, 1.54) is 40.4 Å². The Kier molecular flexibility index (Phi) is 12.5. The van der Waals surface area contributed by atoms with Gasteiger partial charge in [0.1, 0.15) is 23.0 Å². The Morgan fingerprint density at radius 3 is 1.50 bits per heavy atom. The molecule has 4 nitrogen and oxygen atoms in total. The average Bonchev–Trinajstić information content (AvgIpc) is 3.69. The van der Waals surface area contributed by atoms with Crippen LogP contribution in [0.1, 0.15) is 29.7 Å². The van der Waals surface area contributed by atoms with E-state index in [-0.39, 0.29) is 6.04 Å². The molecule has 0 spiro atoms. The average molecular weight is 754 g/mol. The van der Waals surface area contributed by atoms with E-state index in [2.05, 4.69) is 152 Å². The van der Waals surface area contributed by atoms with Gasteiger partial charge < -0.3 is 15.9 Å². The second kappa shape index (κ2) is 18.6. The van der Waals surface area contributed by atoms with Gasteiger partial charge in [-0.15, -0.1) is 6.58 Å². The zero-order valence-corrected chi connectivity index (χ0v) is 32.9. The Morgan fingerprint density at radius 1 is 0.500 bits per heavy atom. The maximum atomic E-state index is 6.66. The summed E-state index contributed by atoms with van der Waals surface area (Å²) in [6, 6.07) is 69.5. The Morgan fingerprint density at radius 2 is 0.931 bits per heavy atom. The number of nitrogens with zero attached hydrogens (tertiary/aromatic N) is 1. The lowest BCUT2D eigenvalue weighted by Gasteiger charge is -2.16. The van der Waals surface area contributed by atoms with Crippen molar-refractivity contribution in [3.05, 3.63) is 230 Å². The van der Waals surface area contributed by atoms with Crippen LogP contribution in [0.15, 0.2) is 222 Å². The summed E-state index contributed by atoms with van der Waals surface area (Å²) in [7, 11) is 1.50. The quantitative estimate of drug-likeness (QED) is 0.0921. The van der Waals surface area contributed by atoms with Crippen LogP contribution in [0.25, 0.3) is 66.4 Å². The van der Waals surface area contributed by atoms with Gasteiger partial charge in [-0.2, -0.15) is 0 Å². The second-order valence-electron chi connectivity index (χ2n) is 13.7. The first-order valence-corrected chi connectivity index (χ1v) is 19.5. The first-order chi connectivity index (χ1) is 28.6. The number of benzene rings is 8. The Bertz CT molecular complexity index is 2770. The molecule has 284 valence electrons. The number of aliphatic imine (C=N–C) groups is 1. The smallest absolute Gasteiger partial charge is 0.135 e. The highest BCUT2D eigenvalue weighted by Gasteiger charge is 2.21. The highest BCUT2D eigenvalue weighted by atomic mass is 16.3. The number of hydrogen-bond acceptors (Lipinski definition) is 3. The molecule has 0 radical (unpaired) electrons. The van der Waals surface area contributed by atoms with Crippen molar-refractivity contribution >= 4 is 27.8 Å². The van der Waals surface area contributed by atoms with Crippen molar-refractivity contribution < 1.29 is 4.42 Å². The molecule has 9 aromatic rings. The Balaban J connectivity index is 0.000000980. The van der Waals surface area contributed by atoms with Crippen LogP contribution in [-0.4, -0.2) is 12.9 Å². The van der Waals surface area contributed by atoms with Gasteiger partial charge in [0, 0.05) is 16.3 Å². The maximum Gasteiger partial charge on any atom is 0.135 e. The fourth-order valence-electron chi connectivity index (χ4n) is 7.29. The summed E-state index contributed by atoms with van der Waals surface area (Å²) in [5, 5.41) is 2.10. The van der Waals surface area contributed by atoms with E-state index in [1.54, 1.807) is 6.08 Å². The third-order valence-electron chi connectivity index (χ3n) is 9.99. The van der Waals surface area contributed by atoms with E-state index in [4.69, 9.17) is 15.1 Å². The van der Waals surface area contributed by atoms with Crippen molar-refractivity contribution in [2.45, 2.75) is 13.0 Å². The number of amidine groups is 1. The first-order valence-electron chi connectivity index (χ1n) is 19.5. The van der Waals surface area contributed by atoms with E-state index >= 15 is 0 Å². The topological polar surface area (TPSA) is 77.5 Å². The molecule has 0 aliphatic carbocycles. The van der Waals surface area contributed by atoms with E-state index in [0.29, 0.717) is 5.84 Å². The molecule has 1 heterocycles. The highest BCUT2D eigenvalue weighted by Crippen LogP contribution is 2.40. The van der Waals surface area contributed by atoms with Gasteiger partial charge in [0.2, 0.25) is 0 Å². The van der Waals surface area contributed by atoms with Crippen molar-refractivity contribution in [3.63, 3.8) is 0 Å². The minimum atomic E-state index is -0.323. The van der Waals surface area contributed by atoms with Gasteiger partial charge in [0.25, 0.3) is 0 Å². The number of furan rings is 1. The molecular formula is C54H47N3O. The molecular weight excluding hydrogens is 707 g/mol. The van der Waals surface area contributed by atoms with Gasteiger partial charge in [-0.1, -0.05) is 176 Å². The largest absolute Gasteiger partial charge is 0.456 e. The zero-order chi connectivity index (χ0) is 40.3. The van der Waals surface area contributed by atoms with Crippen LogP contribution < -0.4 is 11.5 Å². The van der Waals surface area contributed by atoms with E-state index in [1.807, 2.05) is 67.6 Å². The summed E-state index contributed by atoms with van der Waals surface area (Å²) in [6.07, 6.45) is 1.75. The van der Waals surface area contributed by atoms with Crippen LogP contribution in [0.2, 0.25) is 0 Å². The van der Waals surface area contributed by atoms with Crippen molar-refractivity contribution in [2.75, 3.05) is 7.05 Å². The van der Waals surface area contributed by atoms with Crippen molar-refractivity contribution in [1.82, 2.24) is 0 Å². The lowest BCUT2D eigenvalue weighted by Crippen LogP contribution is -2.15. The molecule has 4 heteroatoms. The number of hydrogen-bond donors (Lipinski definition) is 2. The fraction of sp³-hybridized carbons (Fsp3) is 0.0556. The lowest BCUT2D eigenvalue weighted by molar-refractivity contribution is 0.668. The van der Waals surface area contributed by atoms with Crippen LogP contribution in [-0.2, 0) is 0 Å². The summed E-state index contributed by atoms with van der Waals surface area (Å²) < 4.78 is 6.45. The molecule has 0 amide bonds. The van der Waals surface area contributed by atoms with Crippen LogP contribution in [0, 0.1) is 0 Å². The van der Waals surface area contributed by atoms with Gasteiger partial charge in [-0.3, -0.25) is 4.99 Å². The number of fused-ring (bicyclic) bond motifs is 3. The van der Waals surface area contributed by atoms with E-state index < -0.39 is 0 Å². The van der Waals surface area contributed by atoms with E-state index in [9.17, 15) is 0 Å². The molecule has 0 aliphatic rings. The summed E-state index contributed by atoms with van der Waals surface area (Å²) >= 11 is 0. The lowest BCUT2D eigenvalue weighted by atomic mass is 9.93. The molecule has 9 rings (SSSR count). The summed E-state index contributed by atoms with van der Waals surface area (Å²) in [5.74, 6) is 0.496. The maximum absolute atomic E-state index is 6.66. The van der Waals surface area contributed by atoms with Gasteiger partial charge in [0.15, 0.2) is 0 Å². The van der Waals surface area contributed by atoms with Gasteiger partial charge in [-0.25, -0.2) is 0 Å². The van der Waals surface area contributed by atoms with Crippen LogP contribution >= 0.6 is 0 Å². The molecule has 1 atom stereocenters. The SMILES string of the molecule is C=CC.CN.NC(=NC(c1ccccc1)c1cccc2oc3ccc(-c4cccc(-c5ccc(-c6cccc(-c7ccccc7)c6)cc5)c4)cc3c12)c1ccccc1. The molecule has 58 heavy (non-hydrogen) atoms. The summed E-state index contributed by atoms with van der Waals surface area (Å²) in [6.45, 7) is 5.25. The molecule has 4 N–H and O–H groups in total. The standard InChI is InChI=1S/C50H36N2O.C3H6.CH5N/c51-50(38-17-8-3-9-18-38)52-49(37-15-6-2-7-16-37)44-23-12-24-47-48(44)45-33-43(29-30-46(45)53-47)42-22-11-21-41(32-42)36-27-25-35(26-28-36)40-20-10-19-39(31-40)34-13-4-1-5-14-34;1-3-2;1-2/h1-33,49H,(H2,51,52);3H,1H2,2H3;2H2,1H3. The van der Waals surface area contributed by atoms with Gasteiger partial charge in [-0.05, 0) is 99.9 Å². The molecule has 8 aromatic carbocycles. The second-order valence-corrected chi connectivity index (χ2v) is 13.7. The third kappa shape index (κ3) is 8.58.